The second kappa shape index (κ2) is 4.79. The summed E-state index contributed by atoms with van der Waals surface area (Å²) in [6.45, 7) is 3.58. The number of nitro benzene ring substituents is 1. The molecule has 6 heteroatoms. The molecule has 2 rings (SSSR count). The van der Waals surface area contributed by atoms with Gasteiger partial charge in [0.05, 0.1) is 16.0 Å². The fourth-order valence-electron chi connectivity index (χ4n) is 1.63. The van der Waals surface area contributed by atoms with Crippen molar-refractivity contribution in [1.82, 2.24) is 9.97 Å². The molecule has 0 amide bonds. The Kier molecular flexibility index (Phi) is 3.18. The molecule has 0 fully saturated rings. The Bertz CT molecular complexity index is 676. The smallest absolute Gasteiger partial charge is 0.271 e. The van der Waals surface area contributed by atoms with Gasteiger partial charge in [0.25, 0.3) is 11.2 Å². The third-order valence-corrected chi connectivity index (χ3v) is 2.54. The SMILES string of the molecule is C=CCCc1nc2ccc([N+](=O)[O-])cc2[nH]c1=O. The zero-order valence-corrected chi connectivity index (χ0v) is 9.55. The molecule has 0 atom stereocenters. The second-order valence-electron chi connectivity index (χ2n) is 3.80. The zero-order chi connectivity index (χ0) is 13.1. The number of fused-ring (bicyclic) bond motifs is 1. The molecule has 92 valence electrons. The van der Waals surface area contributed by atoms with E-state index in [2.05, 4.69) is 16.5 Å². The highest BCUT2D eigenvalue weighted by atomic mass is 16.6. The van der Waals surface area contributed by atoms with Crippen molar-refractivity contribution >= 4 is 16.7 Å². The first-order chi connectivity index (χ1) is 8.61. The van der Waals surface area contributed by atoms with E-state index >= 15 is 0 Å². The summed E-state index contributed by atoms with van der Waals surface area (Å²) in [7, 11) is 0. The van der Waals surface area contributed by atoms with Gasteiger partial charge in [0.2, 0.25) is 0 Å². The van der Waals surface area contributed by atoms with Gasteiger partial charge in [0, 0.05) is 12.1 Å². The number of hydrogen-bond donors (Lipinski definition) is 1. The van der Waals surface area contributed by atoms with Crippen LogP contribution >= 0.6 is 0 Å². The van der Waals surface area contributed by atoms with Crippen molar-refractivity contribution in [3.05, 3.63) is 57.0 Å². The molecule has 0 aliphatic heterocycles. The van der Waals surface area contributed by atoms with Gasteiger partial charge < -0.3 is 4.98 Å². The Morgan fingerprint density at radius 1 is 1.50 bits per heavy atom. The van der Waals surface area contributed by atoms with E-state index in [1.54, 1.807) is 6.08 Å². The van der Waals surface area contributed by atoms with Gasteiger partial charge in [0.15, 0.2) is 0 Å². The largest absolute Gasteiger partial charge is 0.319 e. The van der Waals surface area contributed by atoms with Crippen LogP contribution in [0.5, 0.6) is 0 Å². The number of non-ortho nitro benzene ring substituents is 1. The predicted octanol–water partition coefficient (Wildman–Crippen LogP) is 1.95. The van der Waals surface area contributed by atoms with Crippen LogP contribution in [0, 0.1) is 10.1 Å². The van der Waals surface area contributed by atoms with Crippen molar-refractivity contribution in [2.75, 3.05) is 0 Å². The van der Waals surface area contributed by atoms with Gasteiger partial charge in [-0.2, -0.15) is 0 Å². The Morgan fingerprint density at radius 3 is 2.94 bits per heavy atom. The molecule has 1 heterocycles. The molecule has 1 aromatic heterocycles. The maximum absolute atomic E-state index is 11.7. The van der Waals surface area contributed by atoms with Crippen molar-refractivity contribution in [2.45, 2.75) is 12.8 Å². The minimum atomic E-state index is -0.511. The van der Waals surface area contributed by atoms with E-state index in [4.69, 9.17) is 0 Å². The minimum absolute atomic E-state index is 0.0706. The Balaban J connectivity index is 2.53. The summed E-state index contributed by atoms with van der Waals surface area (Å²) in [4.78, 5) is 28.6. The van der Waals surface area contributed by atoms with Crippen molar-refractivity contribution < 1.29 is 4.92 Å². The molecule has 0 saturated heterocycles. The van der Waals surface area contributed by atoms with Crippen LogP contribution in [0.4, 0.5) is 5.69 Å². The van der Waals surface area contributed by atoms with Crippen molar-refractivity contribution in [3.8, 4) is 0 Å². The standard InChI is InChI=1S/C12H11N3O3/c1-2-3-4-10-12(16)14-11-7-8(15(17)18)5-6-9(11)13-10/h2,5-7H,1,3-4H2,(H,14,16). The molecule has 0 unspecified atom stereocenters. The van der Waals surface area contributed by atoms with Crippen LogP contribution in [-0.2, 0) is 6.42 Å². The first kappa shape index (κ1) is 12.0. The first-order valence-electron chi connectivity index (χ1n) is 5.40. The average Bonchev–Trinajstić information content (AvgIpc) is 2.35. The quantitative estimate of drug-likeness (QED) is 0.506. The monoisotopic (exact) mass is 245 g/mol. The Labute approximate surface area is 102 Å². The predicted molar refractivity (Wildman–Crippen MR) is 67.5 cm³/mol. The van der Waals surface area contributed by atoms with E-state index in [0.717, 1.165) is 0 Å². The van der Waals surface area contributed by atoms with Crippen LogP contribution in [0.3, 0.4) is 0 Å². The number of benzene rings is 1. The highest BCUT2D eigenvalue weighted by Gasteiger charge is 2.09. The lowest BCUT2D eigenvalue weighted by molar-refractivity contribution is -0.384. The number of allylic oxidation sites excluding steroid dienone is 1. The van der Waals surface area contributed by atoms with Gasteiger partial charge in [-0.15, -0.1) is 6.58 Å². The van der Waals surface area contributed by atoms with E-state index in [0.29, 0.717) is 29.6 Å². The molecule has 1 aromatic carbocycles. The summed E-state index contributed by atoms with van der Waals surface area (Å²) in [6.07, 6.45) is 2.88. The maximum atomic E-state index is 11.7. The number of aryl methyl sites for hydroxylation is 1. The molecule has 0 aliphatic rings. The molecule has 2 aromatic rings. The van der Waals surface area contributed by atoms with E-state index in [9.17, 15) is 14.9 Å². The van der Waals surface area contributed by atoms with Crippen LogP contribution in [0.1, 0.15) is 12.1 Å². The molecule has 0 saturated carbocycles. The van der Waals surface area contributed by atoms with E-state index < -0.39 is 4.92 Å². The molecule has 0 aliphatic carbocycles. The van der Waals surface area contributed by atoms with Crippen molar-refractivity contribution in [1.29, 1.82) is 0 Å². The second-order valence-corrected chi connectivity index (χ2v) is 3.80. The summed E-state index contributed by atoms with van der Waals surface area (Å²) in [5, 5.41) is 10.6. The molecule has 1 N–H and O–H groups in total. The normalized spacial score (nSPS) is 10.4. The number of aromatic nitrogens is 2. The molecule has 0 radical (unpaired) electrons. The number of nitro groups is 1. The van der Waals surface area contributed by atoms with Crippen LogP contribution in [-0.4, -0.2) is 14.9 Å². The number of nitrogens with zero attached hydrogens (tertiary/aromatic N) is 2. The molecular weight excluding hydrogens is 234 g/mol. The van der Waals surface area contributed by atoms with E-state index in [1.165, 1.54) is 18.2 Å². The highest BCUT2D eigenvalue weighted by Crippen LogP contribution is 2.16. The summed E-state index contributed by atoms with van der Waals surface area (Å²) in [5.41, 5.74) is 0.940. The Hall–Kier alpha value is -2.50. The van der Waals surface area contributed by atoms with Gasteiger partial charge in [-0.1, -0.05) is 6.08 Å². The fraction of sp³-hybridized carbons (Fsp3) is 0.167. The first-order valence-corrected chi connectivity index (χ1v) is 5.40. The lowest BCUT2D eigenvalue weighted by atomic mass is 10.2. The molecule has 0 spiro atoms. The van der Waals surface area contributed by atoms with Crippen LogP contribution < -0.4 is 5.56 Å². The molecule has 18 heavy (non-hydrogen) atoms. The minimum Gasteiger partial charge on any atom is -0.319 e. The highest BCUT2D eigenvalue weighted by molar-refractivity contribution is 5.76. The lowest BCUT2D eigenvalue weighted by Gasteiger charge is -2.01. The van der Waals surface area contributed by atoms with Gasteiger partial charge in [-0.25, -0.2) is 4.98 Å². The average molecular weight is 245 g/mol. The maximum Gasteiger partial charge on any atom is 0.271 e. The van der Waals surface area contributed by atoms with Crippen LogP contribution in [0.2, 0.25) is 0 Å². The van der Waals surface area contributed by atoms with Gasteiger partial charge >= 0.3 is 0 Å². The van der Waals surface area contributed by atoms with E-state index in [-0.39, 0.29) is 11.2 Å². The van der Waals surface area contributed by atoms with Crippen LogP contribution in [0.25, 0.3) is 11.0 Å². The zero-order valence-electron chi connectivity index (χ0n) is 9.55. The van der Waals surface area contributed by atoms with Crippen molar-refractivity contribution in [2.24, 2.45) is 0 Å². The summed E-state index contributed by atoms with van der Waals surface area (Å²) in [6, 6.07) is 4.20. The number of hydrogen-bond acceptors (Lipinski definition) is 4. The fourth-order valence-corrected chi connectivity index (χ4v) is 1.63. The summed E-state index contributed by atoms with van der Waals surface area (Å²) >= 11 is 0. The topological polar surface area (TPSA) is 88.9 Å². The third kappa shape index (κ3) is 2.27. The molecule has 0 bridgehead atoms. The van der Waals surface area contributed by atoms with Crippen LogP contribution in [0.15, 0.2) is 35.6 Å². The number of rotatable bonds is 4. The summed E-state index contributed by atoms with van der Waals surface area (Å²) < 4.78 is 0. The number of H-pyrrole nitrogens is 1. The number of aromatic amines is 1. The summed E-state index contributed by atoms with van der Waals surface area (Å²) in [5.74, 6) is 0. The molecular formula is C12H11N3O3. The van der Waals surface area contributed by atoms with Gasteiger partial charge in [-0.05, 0) is 18.9 Å². The van der Waals surface area contributed by atoms with Crippen molar-refractivity contribution in [3.63, 3.8) is 0 Å². The third-order valence-electron chi connectivity index (χ3n) is 2.54. The van der Waals surface area contributed by atoms with Gasteiger partial charge in [0.1, 0.15) is 5.69 Å². The van der Waals surface area contributed by atoms with E-state index in [1.807, 2.05) is 0 Å². The van der Waals surface area contributed by atoms with Gasteiger partial charge in [-0.3, -0.25) is 14.9 Å². The Morgan fingerprint density at radius 2 is 2.28 bits per heavy atom. The lowest BCUT2D eigenvalue weighted by Crippen LogP contribution is -2.15. The number of nitrogens with one attached hydrogen (secondary N) is 1. The molecule has 6 nitrogen and oxygen atoms in total.